The predicted molar refractivity (Wildman–Crippen MR) is 83.6 cm³/mol. The van der Waals surface area contributed by atoms with Crippen molar-refractivity contribution in [1.29, 1.82) is 0 Å². The smallest absolute Gasteiger partial charge is 0.262 e. The Balaban J connectivity index is 2.00. The molecular weight excluding hydrogens is 301 g/mol. The van der Waals surface area contributed by atoms with Crippen molar-refractivity contribution >= 4 is 17.9 Å². The van der Waals surface area contributed by atoms with E-state index in [1.807, 2.05) is 0 Å². The number of methoxy groups -OCH3 is 1. The maximum Gasteiger partial charge on any atom is 0.262 e. The molecule has 0 heterocycles. The first-order chi connectivity index (χ1) is 11.0. The minimum atomic E-state index is -0.527. The normalized spacial score (nSPS) is 10.0. The van der Waals surface area contributed by atoms with E-state index in [1.165, 1.54) is 31.4 Å². The lowest BCUT2D eigenvalue weighted by atomic mass is 10.2. The second kappa shape index (κ2) is 7.40. The standard InChI is InChI=1S/C17H16FNO4/c1-11-3-5-15(14(18)7-11)19-17(21)10-23-16-6-4-13(22-2)8-12(16)9-20/h3-9H,10H2,1-2H3,(H,19,21). The maximum absolute atomic E-state index is 13.7. The summed E-state index contributed by atoms with van der Waals surface area (Å²) >= 11 is 0. The lowest BCUT2D eigenvalue weighted by Gasteiger charge is -2.10. The highest BCUT2D eigenvalue weighted by Crippen LogP contribution is 2.22. The summed E-state index contributed by atoms with van der Waals surface area (Å²) in [5.41, 5.74) is 1.10. The van der Waals surface area contributed by atoms with Gasteiger partial charge in [0, 0.05) is 0 Å². The summed E-state index contributed by atoms with van der Waals surface area (Å²) in [6.07, 6.45) is 0.607. The molecular formula is C17H16FNO4. The van der Waals surface area contributed by atoms with E-state index in [4.69, 9.17) is 9.47 Å². The van der Waals surface area contributed by atoms with Gasteiger partial charge in [-0.3, -0.25) is 9.59 Å². The molecule has 0 aliphatic carbocycles. The first-order valence-corrected chi connectivity index (χ1v) is 6.85. The minimum absolute atomic E-state index is 0.0783. The van der Waals surface area contributed by atoms with Gasteiger partial charge in [0.1, 0.15) is 17.3 Å². The summed E-state index contributed by atoms with van der Waals surface area (Å²) in [5.74, 6) is -0.289. The van der Waals surface area contributed by atoms with Gasteiger partial charge >= 0.3 is 0 Å². The van der Waals surface area contributed by atoms with Crippen LogP contribution >= 0.6 is 0 Å². The van der Waals surface area contributed by atoms with Gasteiger partial charge < -0.3 is 14.8 Å². The highest BCUT2D eigenvalue weighted by atomic mass is 19.1. The molecule has 0 fully saturated rings. The summed E-state index contributed by atoms with van der Waals surface area (Å²) in [5, 5.41) is 2.42. The highest BCUT2D eigenvalue weighted by molar-refractivity contribution is 5.92. The number of carbonyl (C=O) groups excluding carboxylic acids is 2. The van der Waals surface area contributed by atoms with Crippen LogP contribution in [0.25, 0.3) is 0 Å². The van der Waals surface area contributed by atoms with Crippen LogP contribution in [-0.4, -0.2) is 25.9 Å². The average Bonchev–Trinajstić information content (AvgIpc) is 2.55. The van der Waals surface area contributed by atoms with E-state index in [2.05, 4.69) is 5.32 Å². The number of benzene rings is 2. The minimum Gasteiger partial charge on any atom is -0.497 e. The van der Waals surface area contributed by atoms with Gasteiger partial charge in [0.25, 0.3) is 5.91 Å². The Bertz CT molecular complexity index is 731. The lowest BCUT2D eigenvalue weighted by Crippen LogP contribution is -2.21. The van der Waals surface area contributed by atoms with Gasteiger partial charge in [0.05, 0.1) is 18.4 Å². The zero-order chi connectivity index (χ0) is 16.8. The number of ether oxygens (including phenoxy) is 2. The van der Waals surface area contributed by atoms with Crippen molar-refractivity contribution in [2.24, 2.45) is 0 Å². The van der Waals surface area contributed by atoms with Gasteiger partial charge in [0.2, 0.25) is 0 Å². The second-order valence-electron chi connectivity index (χ2n) is 4.84. The molecule has 0 aliphatic rings. The molecule has 1 amide bonds. The highest BCUT2D eigenvalue weighted by Gasteiger charge is 2.10. The third-order valence-electron chi connectivity index (χ3n) is 3.10. The number of anilines is 1. The molecule has 120 valence electrons. The van der Waals surface area contributed by atoms with Crippen LogP contribution in [0, 0.1) is 12.7 Å². The van der Waals surface area contributed by atoms with Gasteiger partial charge in [-0.05, 0) is 42.8 Å². The van der Waals surface area contributed by atoms with E-state index in [0.717, 1.165) is 5.56 Å². The lowest BCUT2D eigenvalue weighted by molar-refractivity contribution is -0.118. The first kappa shape index (κ1) is 16.5. The molecule has 0 saturated heterocycles. The summed E-state index contributed by atoms with van der Waals surface area (Å²) in [7, 11) is 1.48. The zero-order valence-corrected chi connectivity index (χ0v) is 12.8. The number of aldehydes is 1. The Morgan fingerprint density at radius 3 is 2.70 bits per heavy atom. The largest absolute Gasteiger partial charge is 0.497 e. The van der Waals surface area contributed by atoms with Gasteiger partial charge in [0.15, 0.2) is 12.9 Å². The predicted octanol–water partition coefficient (Wildman–Crippen LogP) is 2.97. The van der Waals surface area contributed by atoms with Crippen molar-refractivity contribution in [3.8, 4) is 11.5 Å². The molecule has 0 atom stereocenters. The van der Waals surface area contributed by atoms with Crippen molar-refractivity contribution in [3.05, 3.63) is 53.3 Å². The molecule has 5 nitrogen and oxygen atoms in total. The van der Waals surface area contributed by atoms with Gasteiger partial charge in [-0.2, -0.15) is 0 Å². The molecule has 6 heteroatoms. The summed E-state index contributed by atoms with van der Waals surface area (Å²) < 4.78 is 24.0. The molecule has 0 aliphatic heterocycles. The third-order valence-corrected chi connectivity index (χ3v) is 3.10. The molecule has 2 aromatic carbocycles. The number of halogens is 1. The number of rotatable bonds is 6. The molecule has 2 aromatic rings. The fraction of sp³-hybridized carbons (Fsp3) is 0.176. The van der Waals surface area contributed by atoms with Crippen LogP contribution in [0.2, 0.25) is 0 Å². The third kappa shape index (κ3) is 4.29. The average molecular weight is 317 g/mol. The Kier molecular flexibility index (Phi) is 5.30. The Hall–Kier alpha value is -2.89. The topological polar surface area (TPSA) is 64.6 Å². The fourth-order valence-electron chi connectivity index (χ4n) is 1.93. The van der Waals surface area contributed by atoms with Crippen LogP contribution in [0.3, 0.4) is 0 Å². The van der Waals surface area contributed by atoms with Crippen molar-refractivity contribution in [2.45, 2.75) is 6.92 Å². The molecule has 1 N–H and O–H groups in total. The molecule has 0 unspecified atom stereocenters. The molecule has 0 radical (unpaired) electrons. The van der Waals surface area contributed by atoms with E-state index in [-0.39, 0.29) is 23.6 Å². The van der Waals surface area contributed by atoms with E-state index in [0.29, 0.717) is 12.0 Å². The zero-order valence-electron chi connectivity index (χ0n) is 12.8. The number of amides is 1. The number of hydrogen-bond acceptors (Lipinski definition) is 4. The summed E-state index contributed by atoms with van der Waals surface area (Å²) in [6.45, 7) is 1.41. The number of aryl methyl sites for hydroxylation is 1. The van der Waals surface area contributed by atoms with Crippen LogP contribution in [-0.2, 0) is 4.79 Å². The molecule has 0 spiro atoms. The van der Waals surface area contributed by atoms with Gasteiger partial charge in [-0.25, -0.2) is 4.39 Å². The molecule has 23 heavy (non-hydrogen) atoms. The Morgan fingerprint density at radius 2 is 2.04 bits per heavy atom. The maximum atomic E-state index is 13.7. The van der Waals surface area contributed by atoms with Crippen molar-refractivity contribution in [3.63, 3.8) is 0 Å². The SMILES string of the molecule is COc1ccc(OCC(=O)Nc2ccc(C)cc2F)c(C=O)c1. The van der Waals surface area contributed by atoms with E-state index in [9.17, 15) is 14.0 Å². The summed E-state index contributed by atoms with van der Waals surface area (Å²) in [4.78, 5) is 22.9. The van der Waals surface area contributed by atoms with Crippen LogP contribution in [0.5, 0.6) is 11.5 Å². The number of nitrogens with one attached hydrogen (secondary N) is 1. The quantitative estimate of drug-likeness (QED) is 0.832. The van der Waals surface area contributed by atoms with E-state index < -0.39 is 11.7 Å². The molecule has 2 rings (SSSR count). The first-order valence-electron chi connectivity index (χ1n) is 6.85. The molecule has 0 saturated carbocycles. The van der Waals surface area contributed by atoms with Crippen LogP contribution in [0.15, 0.2) is 36.4 Å². The molecule has 0 bridgehead atoms. The van der Waals surface area contributed by atoms with Gasteiger partial charge in [-0.15, -0.1) is 0 Å². The summed E-state index contributed by atoms with van der Waals surface area (Å²) in [6, 6.07) is 9.13. The second-order valence-corrected chi connectivity index (χ2v) is 4.84. The Labute approximate surface area is 133 Å². The number of hydrogen-bond donors (Lipinski definition) is 1. The van der Waals surface area contributed by atoms with E-state index in [1.54, 1.807) is 19.1 Å². The monoisotopic (exact) mass is 317 g/mol. The molecule has 0 aromatic heterocycles. The van der Waals surface area contributed by atoms with E-state index >= 15 is 0 Å². The fourth-order valence-corrected chi connectivity index (χ4v) is 1.93. The van der Waals surface area contributed by atoms with Crippen LogP contribution in [0.4, 0.5) is 10.1 Å². The number of carbonyl (C=O) groups is 2. The van der Waals surface area contributed by atoms with Crippen molar-refractivity contribution in [1.82, 2.24) is 0 Å². The van der Waals surface area contributed by atoms with Crippen LogP contribution < -0.4 is 14.8 Å². The van der Waals surface area contributed by atoms with Gasteiger partial charge in [-0.1, -0.05) is 6.07 Å². The Morgan fingerprint density at radius 1 is 1.26 bits per heavy atom. The van der Waals surface area contributed by atoms with Crippen molar-refractivity contribution in [2.75, 3.05) is 19.0 Å². The van der Waals surface area contributed by atoms with Crippen LogP contribution in [0.1, 0.15) is 15.9 Å². The van der Waals surface area contributed by atoms with Crippen molar-refractivity contribution < 1.29 is 23.5 Å².